The second-order valence-corrected chi connectivity index (χ2v) is 5.13. The molecule has 0 amide bonds. The fourth-order valence-electron chi connectivity index (χ4n) is 2.27. The molecule has 0 radical (unpaired) electrons. The third kappa shape index (κ3) is 3.21. The first-order valence-electron chi connectivity index (χ1n) is 6.33. The largest absolute Gasteiger partial charge is 0.486 e. The number of piperidine rings is 1. The highest BCUT2D eigenvalue weighted by Crippen LogP contribution is 2.21. The van der Waals surface area contributed by atoms with Gasteiger partial charge in [-0.15, -0.1) is 0 Å². The zero-order valence-electron chi connectivity index (χ0n) is 11.0. The minimum atomic E-state index is 0.530. The summed E-state index contributed by atoms with van der Waals surface area (Å²) < 4.78 is 5.17. The van der Waals surface area contributed by atoms with Gasteiger partial charge in [0.05, 0.1) is 12.7 Å². The molecule has 1 saturated heterocycles. The fraction of sp³-hybridized carbons (Fsp3) is 0.500. The number of rotatable bonds is 3. The zero-order chi connectivity index (χ0) is 13.0. The van der Waals surface area contributed by atoms with E-state index >= 15 is 0 Å². The Morgan fingerprint density at radius 2 is 2.00 bits per heavy atom. The van der Waals surface area contributed by atoms with Crippen LogP contribution >= 0.6 is 12.2 Å². The van der Waals surface area contributed by atoms with Gasteiger partial charge in [-0.05, 0) is 57.3 Å². The van der Waals surface area contributed by atoms with Gasteiger partial charge in [0.15, 0.2) is 5.05 Å². The summed E-state index contributed by atoms with van der Waals surface area (Å²) in [6, 6.07) is 8.61. The third-order valence-corrected chi connectivity index (χ3v) is 3.80. The van der Waals surface area contributed by atoms with Crippen LogP contribution in [-0.2, 0) is 4.74 Å². The number of anilines is 1. The van der Waals surface area contributed by atoms with E-state index in [9.17, 15) is 0 Å². The normalized spacial score (nSPS) is 17.4. The van der Waals surface area contributed by atoms with E-state index in [4.69, 9.17) is 17.0 Å². The first-order chi connectivity index (χ1) is 8.70. The molecule has 1 aliphatic heterocycles. The van der Waals surface area contributed by atoms with Gasteiger partial charge in [-0.2, -0.15) is 0 Å². The second-order valence-electron chi connectivity index (χ2n) is 4.76. The molecule has 1 aromatic carbocycles. The Labute approximate surface area is 114 Å². The van der Waals surface area contributed by atoms with E-state index < -0.39 is 0 Å². The number of methoxy groups -OCH3 is 1. The Balaban J connectivity index is 2.07. The van der Waals surface area contributed by atoms with Crippen LogP contribution < -0.4 is 5.32 Å². The number of ether oxygens (including phenoxy) is 1. The van der Waals surface area contributed by atoms with Crippen LogP contribution in [0.2, 0.25) is 0 Å². The maximum absolute atomic E-state index is 5.23. The molecule has 1 fully saturated rings. The Kier molecular flexibility index (Phi) is 4.55. The summed E-state index contributed by atoms with van der Waals surface area (Å²) >= 11 is 5.23. The molecular formula is C14H20N2OS. The highest BCUT2D eigenvalue weighted by atomic mass is 32.1. The van der Waals surface area contributed by atoms with Crippen LogP contribution in [0.5, 0.6) is 0 Å². The number of nitrogens with zero attached hydrogens (tertiary/aromatic N) is 1. The first kappa shape index (κ1) is 13.3. The molecule has 0 unspecified atom stereocenters. The van der Waals surface area contributed by atoms with E-state index in [1.165, 1.54) is 12.8 Å². The van der Waals surface area contributed by atoms with Crippen molar-refractivity contribution in [1.82, 2.24) is 4.90 Å². The average molecular weight is 264 g/mol. The number of para-hydroxylation sites is 1. The number of hydrogen-bond acceptors (Lipinski definition) is 4. The van der Waals surface area contributed by atoms with Crippen molar-refractivity contribution in [3.8, 4) is 0 Å². The van der Waals surface area contributed by atoms with E-state index in [0.717, 1.165) is 24.3 Å². The summed E-state index contributed by atoms with van der Waals surface area (Å²) in [7, 11) is 3.79. The molecule has 1 N–H and O–H groups in total. The maximum atomic E-state index is 5.23. The average Bonchev–Trinajstić information content (AvgIpc) is 2.41. The van der Waals surface area contributed by atoms with Crippen LogP contribution in [0.3, 0.4) is 0 Å². The van der Waals surface area contributed by atoms with Crippen LogP contribution in [0, 0.1) is 0 Å². The van der Waals surface area contributed by atoms with Crippen LogP contribution in [0.4, 0.5) is 5.69 Å². The standard InChI is InChI=1S/C14H20N2OS/c1-16-9-7-11(8-10-16)15-13-6-4-3-5-12(13)14(18)17-2/h3-6,11,15H,7-10H2,1-2H3. The van der Waals surface area contributed by atoms with Gasteiger partial charge in [0, 0.05) is 11.7 Å². The van der Waals surface area contributed by atoms with Crippen LogP contribution in [0.25, 0.3) is 0 Å². The Hall–Kier alpha value is -1.13. The molecule has 0 saturated carbocycles. The summed E-state index contributed by atoms with van der Waals surface area (Å²) in [5, 5.41) is 4.14. The molecule has 0 spiro atoms. The summed E-state index contributed by atoms with van der Waals surface area (Å²) in [6.45, 7) is 2.29. The Morgan fingerprint density at radius 3 is 2.67 bits per heavy atom. The fourth-order valence-corrected chi connectivity index (χ4v) is 2.45. The van der Waals surface area contributed by atoms with Crippen molar-refractivity contribution in [2.45, 2.75) is 18.9 Å². The number of thiocarbonyl (C=S) groups is 1. The lowest BCUT2D eigenvalue weighted by molar-refractivity contribution is 0.264. The van der Waals surface area contributed by atoms with E-state index in [0.29, 0.717) is 11.1 Å². The lowest BCUT2D eigenvalue weighted by atomic mass is 10.0. The van der Waals surface area contributed by atoms with Crippen molar-refractivity contribution in [3.63, 3.8) is 0 Å². The molecule has 4 heteroatoms. The number of likely N-dealkylation sites (tertiary alicyclic amines) is 1. The Bertz CT molecular complexity index is 414. The van der Waals surface area contributed by atoms with Crippen molar-refractivity contribution in [2.24, 2.45) is 0 Å². The van der Waals surface area contributed by atoms with Gasteiger partial charge in [0.25, 0.3) is 0 Å². The van der Waals surface area contributed by atoms with Crippen LogP contribution in [-0.4, -0.2) is 43.2 Å². The van der Waals surface area contributed by atoms with Gasteiger partial charge in [0.1, 0.15) is 0 Å². The quantitative estimate of drug-likeness (QED) is 0.848. The van der Waals surface area contributed by atoms with Gasteiger partial charge < -0.3 is 15.0 Å². The van der Waals surface area contributed by atoms with Crippen molar-refractivity contribution in [3.05, 3.63) is 29.8 Å². The molecule has 3 nitrogen and oxygen atoms in total. The number of nitrogens with one attached hydrogen (secondary N) is 1. The SMILES string of the molecule is COC(=S)c1ccccc1NC1CCN(C)CC1. The van der Waals surface area contributed by atoms with Crippen LogP contribution in [0.1, 0.15) is 18.4 Å². The molecule has 1 aliphatic rings. The topological polar surface area (TPSA) is 24.5 Å². The Morgan fingerprint density at radius 1 is 1.33 bits per heavy atom. The zero-order valence-corrected chi connectivity index (χ0v) is 11.8. The van der Waals surface area contributed by atoms with Crippen molar-refractivity contribution < 1.29 is 4.74 Å². The molecule has 98 valence electrons. The molecule has 0 bridgehead atoms. The van der Waals surface area contributed by atoms with Gasteiger partial charge in [-0.3, -0.25) is 0 Å². The van der Waals surface area contributed by atoms with Crippen molar-refractivity contribution in [1.29, 1.82) is 0 Å². The minimum absolute atomic E-state index is 0.530. The second kappa shape index (κ2) is 6.16. The lowest BCUT2D eigenvalue weighted by Gasteiger charge is -2.30. The van der Waals surface area contributed by atoms with E-state index in [-0.39, 0.29) is 0 Å². The van der Waals surface area contributed by atoms with E-state index in [2.05, 4.69) is 23.3 Å². The van der Waals surface area contributed by atoms with Crippen molar-refractivity contribution >= 4 is 23.0 Å². The summed E-state index contributed by atoms with van der Waals surface area (Å²) in [5.41, 5.74) is 2.06. The van der Waals surface area contributed by atoms with Gasteiger partial charge in [0.2, 0.25) is 0 Å². The third-order valence-electron chi connectivity index (χ3n) is 3.41. The highest BCUT2D eigenvalue weighted by molar-refractivity contribution is 7.80. The smallest absolute Gasteiger partial charge is 0.192 e. The summed E-state index contributed by atoms with van der Waals surface area (Å²) in [4.78, 5) is 2.36. The van der Waals surface area contributed by atoms with Crippen LogP contribution in [0.15, 0.2) is 24.3 Å². The molecule has 1 heterocycles. The van der Waals surface area contributed by atoms with Gasteiger partial charge in [-0.25, -0.2) is 0 Å². The molecular weight excluding hydrogens is 244 g/mol. The van der Waals surface area contributed by atoms with E-state index in [1.54, 1.807) is 7.11 Å². The predicted molar refractivity (Wildman–Crippen MR) is 79.3 cm³/mol. The maximum Gasteiger partial charge on any atom is 0.192 e. The molecule has 0 aromatic heterocycles. The van der Waals surface area contributed by atoms with Gasteiger partial charge in [-0.1, -0.05) is 12.1 Å². The summed E-state index contributed by atoms with van der Waals surface area (Å²) in [5.74, 6) is 0. The molecule has 2 rings (SSSR count). The molecule has 18 heavy (non-hydrogen) atoms. The molecule has 0 aliphatic carbocycles. The first-order valence-corrected chi connectivity index (χ1v) is 6.74. The molecule has 0 atom stereocenters. The monoisotopic (exact) mass is 264 g/mol. The predicted octanol–water partition coefficient (Wildman–Crippen LogP) is 2.51. The highest BCUT2D eigenvalue weighted by Gasteiger charge is 2.18. The van der Waals surface area contributed by atoms with Crippen molar-refractivity contribution in [2.75, 3.05) is 32.6 Å². The van der Waals surface area contributed by atoms with E-state index in [1.807, 2.05) is 18.2 Å². The minimum Gasteiger partial charge on any atom is -0.486 e. The van der Waals surface area contributed by atoms with Gasteiger partial charge >= 0.3 is 0 Å². The molecule has 1 aromatic rings. The number of hydrogen-bond donors (Lipinski definition) is 1. The lowest BCUT2D eigenvalue weighted by Crippen LogP contribution is -2.37. The summed E-state index contributed by atoms with van der Waals surface area (Å²) in [6.07, 6.45) is 2.34. The number of benzene rings is 1.